The lowest BCUT2D eigenvalue weighted by Crippen LogP contribution is -2.15. The van der Waals surface area contributed by atoms with Gasteiger partial charge in [0, 0.05) is 17.6 Å². The highest BCUT2D eigenvalue weighted by Crippen LogP contribution is 2.26. The van der Waals surface area contributed by atoms with Crippen LogP contribution < -0.4 is 10.1 Å². The Hall–Kier alpha value is -3.32. The number of halogens is 1. The van der Waals surface area contributed by atoms with Gasteiger partial charge in [0.1, 0.15) is 12.4 Å². The summed E-state index contributed by atoms with van der Waals surface area (Å²) in [7, 11) is 1.50. The molecular formula is C21H20ClN3O4. The Morgan fingerprint density at radius 2 is 1.79 bits per heavy atom. The molecule has 0 unspecified atom stereocenters. The van der Waals surface area contributed by atoms with Gasteiger partial charge in [-0.25, -0.2) is 4.79 Å². The molecule has 2 aromatic carbocycles. The van der Waals surface area contributed by atoms with Gasteiger partial charge >= 0.3 is 5.97 Å². The van der Waals surface area contributed by atoms with Crippen LogP contribution in [0.15, 0.2) is 42.6 Å². The molecular weight excluding hydrogens is 394 g/mol. The summed E-state index contributed by atoms with van der Waals surface area (Å²) < 4.78 is 7.01. The maximum Gasteiger partial charge on any atom is 0.356 e. The zero-order valence-electron chi connectivity index (χ0n) is 16.2. The monoisotopic (exact) mass is 413 g/mol. The van der Waals surface area contributed by atoms with E-state index >= 15 is 0 Å². The van der Waals surface area contributed by atoms with Crippen LogP contribution in [0.2, 0.25) is 5.02 Å². The lowest BCUT2D eigenvalue weighted by molar-refractivity contribution is 0.0686. The number of ether oxygens (including phenoxy) is 1. The summed E-state index contributed by atoms with van der Waals surface area (Å²) in [6.07, 6.45) is 1.31. The SMILES string of the molecule is Cc1cc(OCc2ccc(C(=O)Nc3cnn(C)c3C(=O)O)cc2)cc(C)c1Cl. The van der Waals surface area contributed by atoms with Crippen LogP contribution >= 0.6 is 11.6 Å². The Labute approximate surface area is 172 Å². The third kappa shape index (κ3) is 4.57. The largest absolute Gasteiger partial charge is 0.489 e. The first-order valence-corrected chi connectivity index (χ1v) is 9.19. The fourth-order valence-corrected chi connectivity index (χ4v) is 2.99. The summed E-state index contributed by atoms with van der Waals surface area (Å²) in [5, 5.41) is 16.4. The molecule has 8 heteroatoms. The normalized spacial score (nSPS) is 10.6. The van der Waals surface area contributed by atoms with E-state index in [4.69, 9.17) is 16.3 Å². The van der Waals surface area contributed by atoms with E-state index in [1.807, 2.05) is 26.0 Å². The zero-order valence-corrected chi connectivity index (χ0v) is 16.9. The van der Waals surface area contributed by atoms with Crippen LogP contribution in [0.4, 0.5) is 5.69 Å². The fourth-order valence-electron chi connectivity index (χ4n) is 2.89. The molecule has 1 heterocycles. The molecule has 3 aromatic rings. The van der Waals surface area contributed by atoms with Gasteiger partial charge in [-0.05, 0) is 54.8 Å². The molecule has 29 heavy (non-hydrogen) atoms. The molecule has 0 aliphatic carbocycles. The smallest absolute Gasteiger partial charge is 0.356 e. The van der Waals surface area contributed by atoms with Gasteiger partial charge in [0.2, 0.25) is 0 Å². The predicted octanol–water partition coefficient (Wildman–Crippen LogP) is 4.22. The molecule has 2 N–H and O–H groups in total. The van der Waals surface area contributed by atoms with E-state index in [2.05, 4.69) is 10.4 Å². The molecule has 0 radical (unpaired) electrons. The van der Waals surface area contributed by atoms with Gasteiger partial charge < -0.3 is 15.2 Å². The average molecular weight is 414 g/mol. The first kappa shape index (κ1) is 20.4. The number of nitrogens with one attached hydrogen (secondary N) is 1. The number of aromatic nitrogens is 2. The van der Waals surface area contributed by atoms with Gasteiger partial charge in [-0.15, -0.1) is 0 Å². The molecule has 0 fully saturated rings. The van der Waals surface area contributed by atoms with E-state index in [0.717, 1.165) is 27.5 Å². The van der Waals surface area contributed by atoms with E-state index in [1.165, 1.54) is 17.9 Å². The Morgan fingerprint density at radius 1 is 1.17 bits per heavy atom. The molecule has 0 bridgehead atoms. The summed E-state index contributed by atoms with van der Waals surface area (Å²) in [6, 6.07) is 10.6. The molecule has 7 nitrogen and oxygen atoms in total. The van der Waals surface area contributed by atoms with Crippen LogP contribution in [0.5, 0.6) is 5.75 Å². The number of carboxylic acid groups (broad SMARTS) is 1. The van der Waals surface area contributed by atoms with Gasteiger partial charge in [-0.1, -0.05) is 23.7 Å². The van der Waals surface area contributed by atoms with Crippen molar-refractivity contribution in [3.05, 3.63) is 75.6 Å². The molecule has 0 saturated carbocycles. The second-order valence-electron chi connectivity index (χ2n) is 6.65. The number of carboxylic acids is 1. The van der Waals surface area contributed by atoms with Crippen LogP contribution in [-0.4, -0.2) is 26.8 Å². The van der Waals surface area contributed by atoms with Crippen molar-refractivity contribution in [2.75, 3.05) is 5.32 Å². The Balaban J connectivity index is 1.66. The highest BCUT2D eigenvalue weighted by atomic mass is 35.5. The Bertz CT molecular complexity index is 1050. The standard InChI is InChI=1S/C21H20ClN3O4/c1-12-8-16(9-13(2)18(12)22)29-11-14-4-6-15(7-5-14)20(26)24-17-10-23-25(3)19(17)21(27)28/h4-10H,11H2,1-3H3,(H,24,26)(H,27,28). The minimum atomic E-state index is -1.17. The highest BCUT2D eigenvalue weighted by Gasteiger charge is 2.18. The summed E-state index contributed by atoms with van der Waals surface area (Å²) in [6.45, 7) is 4.19. The number of carbonyl (C=O) groups is 2. The molecule has 1 aromatic heterocycles. The van der Waals surface area contributed by atoms with Crippen molar-refractivity contribution in [2.24, 2.45) is 7.05 Å². The molecule has 0 saturated heterocycles. The van der Waals surface area contributed by atoms with E-state index in [9.17, 15) is 14.7 Å². The van der Waals surface area contributed by atoms with Crippen LogP contribution in [-0.2, 0) is 13.7 Å². The van der Waals surface area contributed by atoms with Crippen molar-refractivity contribution in [1.29, 1.82) is 0 Å². The summed E-state index contributed by atoms with van der Waals surface area (Å²) in [5.41, 5.74) is 3.24. The van der Waals surface area contributed by atoms with Crippen LogP contribution in [0.3, 0.4) is 0 Å². The number of amides is 1. The van der Waals surface area contributed by atoms with E-state index in [1.54, 1.807) is 24.3 Å². The third-order valence-corrected chi connectivity index (χ3v) is 5.02. The van der Waals surface area contributed by atoms with Gasteiger partial charge in [0.25, 0.3) is 5.91 Å². The number of rotatable bonds is 6. The lowest BCUT2D eigenvalue weighted by atomic mass is 10.1. The average Bonchev–Trinajstić information content (AvgIpc) is 3.05. The van der Waals surface area contributed by atoms with Crippen molar-refractivity contribution < 1.29 is 19.4 Å². The topological polar surface area (TPSA) is 93.5 Å². The maximum absolute atomic E-state index is 12.4. The summed E-state index contributed by atoms with van der Waals surface area (Å²) >= 11 is 6.17. The Morgan fingerprint density at radius 3 is 2.38 bits per heavy atom. The molecule has 3 rings (SSSR count). The number of anilines is 1. The number of aryl methyl sites for hydroxylation is 3. The van der Waals surface area contributed by atoms with E-state index in [0.29, 0.717) is 12.2 Å². The van der Waals surface area contributed by atoms with Gasteiger partial charge in [0.05, 0.1) is 11.9 Å². The number of aromatic carboxylic acids is 1. The molecule has 150 valence electrons. The molecule has 0 aliphatic heterocycles. The number of hydrogen-bond acceptors (Lipinski definition) is 4. The number of carbonyl (C=O) groups excluding carboxylic acids is 1. The number of benzene rings is 2. The molecule has 0 atom stereocenters. The molecule has 0 spiro atoms. The van der Waals surface area contributed by atoms with Crippen molar-refractivity contribution in [3.8, 4) is 5.75 Å². The molecule has 1 amide bonds. The van der Waals surface area contributed by atoms with Crippen molar-refractivity contribution >= 4 is 29.2 Å². The summed E-state index contributed by atoms with van der Waals surface area (Å²) in [5.74, 6) is -0.860. The first-order valence-electron chi connectivity index (χ1n) is 8.81. The van der Waals surface area contributed by atoms with Gasteiger partial charge in [-0.3, -0.25) is 9.48 Å². The summed E-state index contributed by atoms with van der Waals surface area (Å²) in [4.78, 5) is 23.7. The number of nitrogens with zero attached hydrogens (tertiary/aromatic N) is 2. The quantitative estimate of drug-likeness (QED) is 0.631. The van der Waals surface area contributed by atoms with Gasteiger partial charge in [-0.2, -0.15) is 5.10 Å². The molecule has 0 aliphatic rings. The first-order chi connectivity index (χ1) is 13.8. The second kappa shape index (κ2) is 8.36. The highest BCUT2D eigenvalue weighted by molar-refractivity contribution is 6.32. The van der Waals surface area contributed by atoms with Crippen molar-refractivity contribution in [2.45, 2.75) is 20.5 Å². The second-order valence-corrected chi connectivity index (χ2v) is 7.02. The van der Waals surface area contributed by atoms with Crippen LogP contribution in [0.25, 0.3) is 0 Å². The van der Waals surface area contributed by atoms with E-state index in [-0.39, 0.29) is 11.4 Å². The predicted molar refractivity (Wildman–Crippen MR) is 110 cm³/mol. The van der Waals surface area contributed by atoms with Crippen molar-refractivity contribution in [1.82, 2.24) is 9.78 Å². The maximum atomic E-state index is 12.4. The third-order valence-electron chi connectivity index (χ3n) is 4.42. The minimum absolute atomic E-state index is 0.0862. The van der Waals surface area contributed by atoms with Crippen LogP contribution in [0.1, 0.15) is 37.5 Å². The van der Waals surface area contributed by atoms with E-state index < -0.39 is 11.9 Å². The lowest BCUT2D eigenvalue weighted by Gasteiger charge is -2.10. The Kier molecular flexibility index (Phi) is 5.89. The number of hydrogen-bond donors (Lipinski definition) is 2. The zero-order chi connectivity index (χ0) is 21.1. The minimum Gasteiger partial charge on any atom is -0.489 e. The fraction of sp³-hybridized carbons (Fsp3) is 0.190. The van der Waals surface area contributed by atoms with Crippen molar-refractivity contribution in [3.63, 3.8) is 0 Å². The van der Waals surface area contributed by atoms with Crippen LogP contribution in [0, 0.1) is 13.8 Å². The van der Waals surface area contributed by atoms with Gasteiger partial charge in [0.15, 0.2) is 5.69 Å².